The molecule has 2 aliphatic rings. The Hall–Kier alpha value is -2.71. The van der Waals surface area contributed by atoms with E-state index in [9.17, 15) is 14.0 Å². The molecule has 1 aromatic heterocycles. The maximum Gasteiger partial charge on any atom is 0.255 e. The highest BCUT2D eigenvalue weighted by atomic mass is 19.1. The zero-order valence-electron chi connectivity index (χ0n) is 17.0. The van der Waals surface area contributed by atoms with E-state index in [0.717, 1.165) is 19.6 Å². The van der Waals surface area contributed by atoms with Crippen LogP contribution in [-0.4, -0.2) is 79.3 Å². The molecular weight excluding hydrogens is 387 g/mol. The fourth-order valence-electron chi connectivity index (χ4n) is 3.95. The topological polar surface area (TPSA) is 58.0 Å². The molecule has 2 aliphatic heterocycles. The Morgan fingerprint density at radius 2 is 1.67 bits per heavy atom. The Labute approximate surface area is 175 Å². The van der Waals surface area contributed by atoms with Gasteiger partial charge >= 0.3 is 0 Å². The molecule has 4 rings (SSSR count). The van der Waals surface area contributed by atoms with Gasteiger partial charge in [-0.05, 0) is 18.2 Å². The average molecular weight is 414 g/mol. The molecule has 0 atom stereocenters. The summed E-state index contributed by atoms with van der Waals surface area (Å²) in [6.07, 6.45) is 1.66. The van der Waals surface area contributed by atoms with Crippen LogP contribution in [0.2, 0.25) is 0 Å². The van der Waals surface area contributed by atoms with Crippen molar-refractivity contribution in [2.45, 2.75) is 6.54 Å². The van der Waals surface area contributed by atoms with Gasteiger partial charge in [-0.15, -0.1) is 0 Å². The molecule has 160 valence electrons. The molecule has 2 saturated heterocycles. The summed E-state index contributed by atoms with van der Waals surface area (Å²) in [5, 5.41) is 0. The van der Waals surface area contributed by atoms with Gasteiger partial charge in [0.05, 0.1) is 24.5 Å². The Morgan fingerprint density at radius 1 is 0.933 bits per heavy atom. The summed E-state index contributed by atoms with van der Waals surface area (Å²) in [7, 11) is 0. The number of anilines is 1. The lowest BCUT2D eigenvalue weighted by Gasteiger charge is -2.36. The summed E-state index contributed by atoms with van der Waals surface area (Å²) in [4.78, 5) is 31.2. The summed E-state index contributed by atoms with van der Waals surface area (Å²) in [6.45, 7) is 6.62. The minimum absolute atomic E-state index is 0.0942. The van der Waals surface area contributed by atoms with E-state index in [2.05, 4.69) is 4.90 Å². The molecule has 0 radical (unpaired) electrons. The van der Waals surface area contributed by atoms with Gasteiger partial charge < -0.3 is 19.1 Å². The third-order valence-electron chi connectivity index (χ3n) is 5.75. The molecule has 3 heterocycles. The SMILES string of the molecule is O=C(c1ccc(=O)n(CCN2CCOCC2)c1)N1CCN(c2ccccc2F)CC1. The second kappa shape index (κ2) is 9.40. The van der Waals surface area contributed by atoms with E-state index in [4.69, 9.17) is 4.74 Å². The van der Waals surface area contributed by atoms with Crippen LogP contribution in [0.5, 0.6) is 0 Å². The number of benzene rings is 1. The molecule has 0 bridgehead atoms. The number of hydrogen-bond donors (Lipinski definition) is 0. The standard InChI is InChI=1S/C22H27FN4O3/c23-19-3-1-2-4-20(19)25-9-11-26(12-10-25)22(29)18-5-6-21(28)27(17-18)8-7-24-13-15-30-16-14-24/h1-6,17H,7-16H2. The van der Waals surface area contributed by atoms with Gasteiger partial charge in [0.2, 0.25) is 0 Å². The number of morpholine rings is 1. The van der Waals surface area contributed by atoms with Crippen LogP contribution in [0.25, 0.3) is 0 Å². The predicted molar refractivity (Wildman–Crippen MR) is 112 cm³/mol. The Morgan fingerprint density at radius 3 is 2.40 bits per heavy atom. The van der Waals surface area contributed by atoms with E-state index in [-0.39, 0.29) is 17.3 Å². The lowest BCUT2D eigenvalue weighted by atomic mass is 10.2. The zero-order chi connectivity index (χ0) is 20.9. The van der Waals surface area contributed by atoms with Crippen molar-refractivity contribution in [3.8, 4) is 0 Å². The summed E-state index contributed by atoms with van der Waals surface area (Å²) in [5.41, 5.74) is 0.973. The molecule has 0 spiro atoms. The van der Waals surface area contributed by atoms with Gasteiger partial charge in [-0.3, -0.25) is 14.5 Å². The van der Waals surface area contributed by atoms with Crippen molar-refractivity contribution in [1.29, 1.82) is 0 Å². The fraction of sp³-hybridized carbons (Fsp3) is 0.455. The number of pyridine rings is 1. The highest BCUT2D eigenvalue weighted by Gasteiger charge is 2.24. The zero-order valence-corrected chi connectivity index (χ0v) is 17.0. The second-order valence-electron chi connectivity index (χ2n) is 7.63. The summed E-state index contributed by atoms with van der Waals surface area (Å²) in [5.74, 6) is -0.340. The van der Waals surface area contributed by atoms with Crippen LogP contribution in [0.4, 0.5) is 10.1 Å². The van der Waals surface area contributed by atoms with E-state index in [1.54, 1.807) is 33.9 Å². The first-order chi connectivity index (χ1) is 14.6. The molecular formula is C22H27FN4O3. The molecule has 2 aromatic rings. The lowest BCUT2D eigenvalue weighted by Crippen LogP contribution is -2.49. The molecule has 30 heavy (non-hydrogen) atoms. The average Bonchev–Trinajstić information content (AvgIpc) is 2.79. The summed E-state index contributed by atoms with van der Waals surface area (Å²) < 4.78 is 21.0. The van der Waals surface area contributed by atoms with Gasteiger partial charge in [0, 0.05) is 64.6 Å². The van der Waals surface area contributed by atoms with Crippen molar-refractivity contribution >= 4 is 11.6 Å². The Kier molecular flexibility index (Phi) is 6.44. The molecule has 1 amide bonds. The van der Waals surface area contributed by atoms with Gasteiger partial charge in [-0.2, -0.15) is 0 Å². The van der Waals surface area contributed by atoms with E-state index >= 15 is 0 Å². The number of carbonyl (C=O) groups excluding carboxylic acids is 1. The molecule has 0 aliphatic carbocycles. The highest BCUT2D eigenvalue weighted by molar-refractivity contribution is 5.94. The predicted octanol–water partition coefficient (Wildman–Crippen LogP) is 1.28. The van der Waals surface area contributed by atoms with Gasteiger partial charge in [0.1, 0.15) is 5.82 Å². The molecule has 7 nitrogen and oxygen atoms in total. The number of halogens is 1. The molecule has 0 unspecified atom stereocenters. The van der Waals surface area contributed by atoms with Gasteiger partial charge in [0.15, 0.2) is 0 Å². The van der Waals surface area contributed by atoms with Crippen molar-refractivity contribution in [2.24, 2.45) is 0 Å². The maximum atomic E-state index is 14.0. The number of ether oxygens (including phenoxy) is 1. The lowest BCUT2D eigenvalue weighted by molar-refractivity contribution is 0.0362. The minimum Gasteiger partial charge on any atom is -0.379 e. The number of hydrogen-bond acceptors (Lipinski definition) is 5. The number of amides is 1. The van der Waals surface area contributed by atoms with Gasteiger partial charge in [-0.1, -0.05) is 12.1 Å². The number of carbonyl (C=O) groups is 1. The van der Waals surface area contributed by atoms with Crippen LogP contribution in [0.15, 0.2) is 47.4 Å². The van der Waals surface area contributed by atoms with Crippen LogP contribution in [0, 0.1) is 5.82 Å². The van der Waals surface area contributed by atoms with Gasteiger partial charge in [-0.25, -0.2) is 4.39 Å². The number of rotatable bonds is 5. The minimum atomic E-state index is -0.246. The van der Waals surface area contributed by atoms with E-state index in [1.807, 2.05) is 11.0 Å². The number of piperazine rings is 1. The number of nitrogens with zero attached hydrogens (tertiary/aromatic N) is 4. The van der Waals surface area contributed by atoms with E-state index in [1.165, 1.54) is 12.1 Å². The third kappa shape index (κ3) is 4.71. The molecule has 0 saturated carbocycles. The molecule has 2 fully saturated rings. The summed E-state index contributed by atoms with van der Waals surface area (Å²) in [6, 6.07) is 9.76. The van der Waals surface area contributed by atoms with Crippen molar-refractivity contribution in [3.63, 3.8) is 0 Å². The molecule has 8 heteroatoms. The maximum absolute atomic E-state index is 14.0. The van der Waals surface area contributed by atoms with Crippen molar-refractivity contribution in [1.82, 2.24) is 14.4 Å². The smallest absolute Gasteiger partial charge is 0.255 e. The third-order valence-corrected chi connectivity index (χ3v) is 5.75. The first-order valence-corrected chi connectivity index (χ1v) is 10.4. The van der Waals surface area contributed by atoms with Crippen LogP contribution in [0.3, 0.4) is 0 Å². The van der Waals surface area contributed by atoms with Crippen LogP contribution in [0.1, 0.15) is 10.4 Å². The number of para-hydroxylation sites is 1. The quantitative estimate of drug-likeness (QED) is 0.738. The Balaban J connectivity index is 1.37. The normalized spacial score (nSPS) is 17.9. The first-order valence-electron chi connectivity index (χ1n) is 10.4. The number of aromatic nitrogens is 1. The largest absolute Gasteiger partial charge is 0.379 e. The second-order valence-corrected chi connectivity index (χ2v) is 7.63. The Bertz CT molecular complexity index is 934. The van der Waals surface area contributed by atoms with Crippen molar-refractivity contribution < 1.29 is 13.9 Å². The molecule has 1 aromatic carbocycles. The van der Waals surface area contributed by atoms with E-state index < -0.39 is 0 Å². The van der Waals surface area contributed by atoms with E-state index in [0.29, 0.717) is 57.2 Å². The van der Waals surface area contributed by atoms with Crippen LogP contribution in [-0.2, 0) is 11.3 Å². The van der Waals surface area contributed by atoms with Crippen molar-refractivity contribution in [2.75, 3.05) is 63.9 Å². The van der Waals surface area contributed by atoms with Crippen molar-refractivity contribution in [3.05, 3.63) is 64.3 Å². The fourth-order valence-corrected chi connectivity index (χ4v) is 3.95. The monoisotopic (exact) mass is 414 g/mol. The highest BCUT2D eigenvalue weighted by Crippen LogP contribution is 2.20. The summed E-state index contributed by atoms with van der Waals surface area (Å²) >= 11 is 0. The molecule has 0 N–H and O–H groups in total. The van der Waals surface area contributed by atoms with Crippen LogP contribution >= 0.6 is 0 Å². The first kappa shape index (κ1) is 20.6. The van der Waals surface area contributed by atoms with Gasteiger partial charge in [0.25, 0.3) is 11.5 Å². The van der Waals surface area contributed by atoms with Crippen LogP contribution < -0.4 is 10.5 Å².